The van der Waals surface area contributed by atoms with Crippen LogP contribution in [0.25, 0.3) is 0 Å². The van der Waals surface area contributed by atoms with Crippen LogP contribution in [0.3, 0.4) is 0 Å². The summed E-state index contributed by atoms with van der Waals surface area (Å²) in [6, 6.07) is 0. The normalized spacial score (nSPS) is 55.2. The second kappa shape index (κ2) is 3.06. The van der Waals surface area contributed by atoms with Gasteiger partial charge in [0.05, 0.1) is 11.8 Å². The SMILES string of the molecule is CC1(C)CC2(C)CC(=O)O[C@H]3OC(=O)[C@]4(O)CC[C@@H]1[C@@]324. The summed E-state index contributed by atoms with van der Waals surface area (Å²) in [7, 11) is 0. The van der Waals surface area contributed by atoms with Crippen LogP contribution in [0.15, 0.2) is 0 Å². The molecule has 2 saturated heterocycles. The molecule has 1 unspecified atom stereocenters. The molecule has 4 fully saturated rings. The summed E-state index contributed by atoms with van der Waals surface area (Å²) < 4.78 is 10.7. The van der Waals surface area contributed by atoms with Crippen LogP contribution in [-0.2, 0) is 19.1 Å². The molecule has 0 bridgehead atoms. The highest BCUT2D eigenvalue weighted by Crippen LogP contribution is 2.78. The van der Waals surface area contributed by atoms with E-state index < -0.39 is 28.7 Å². The van der Waals surface area contributed by atoms with Gasteiger partial charge in [-0.05, 0) is 36.0 Å². The van der Waals surface area contributed by atoms with E-state index in [1.807, 2.05) is 6.92 Å². The lowest BCUT2D eigenvalue weighted by Crippen LogP contribution is -2.61. The number of hydrogen-bond acceptors (Lipinski definition) is 5. The fraction of sp³-hybridized carbons (Fsp3) is 0.867. The van der Waals surface area contributed by atoms with Crippen molar-refractivity contribution in [3.8, 4) is 0 Å². The Labute approximate surface area is 117 Å². The van der Waals surface area contributed by atoms with Crippen molar-refractivity contribution in [3.63, 3.8) is 0 Å². The van der Waals surface area contributed by atoms with Crippen LogP contribution < -0.4 is 0 Å². The van der Waals surface area contributed by atoms with E-state index in [-0.39, 0.29) is 23.7 Å². The molecule has 20 heavy (non-hydrogen) atoms. The summed E-state index contributed by atoms with van der Waals surface area (Å²) in [5.74, 6) is -0.804. The smallest absolute Gasteiger partial charge is 0.342 e. The number of rotatable bonds is 0. The molecule has 2 aliphatic carbocycles. The Morgan fingerprint density at radius 2 is 1.90 bits per heavy atom. The molecule has 110 valence electrons. The van der Waals surface area contributed by atoms with Gasteiger partial charge in [-0.25, -0.2) is 4.79 Å². The molecule has 0 aromatic heterocycles. The van der Waals surface area contributed by atoms with Crippen LogP contribution in [0.1, 0.15) is 46.5 Å². The molecule has 1 N–H and O–H groups in total. The number of aliphatic hydroxyl groups is 1. The second-order valence-corrected chi connectivity index (χ2v) is 7.95. The minimum Gasteiger partial charge on any atom is -0.424 e. The molecule has 0 aromatic carbocycles. The van der Waals surface area contributed by atoms with Crippen molar-refractivity contribution < 1.29 is 24.2 Å². The fourth-order valence-corrected chi connectivity index (χ4v) is 6.29. The zero-order valence-corrected chi connectivity index (χ0v) is 12.1. The molecular weight excluding hydrogens is 260 g/mol. The molecule has 1 spiro atoms. The van der Waals surface area contributed by atoms with E-state index in [0.717, 1.165) is 12.8 Å². The number of ether oxygens (including phenoxy) is 2. The van der Waals surface area contributed by atoms with Gasteiger partial charge in [-0.2, -0.15) is 0 Å². The molecular formula is C15H20O5. The second-order valence-electron chi connectivity index (χ2n) is 7.95. The lowest BCUT2D eigenvalue weighted by Gasteiger charge is -2.49. The van der Waals surface area contributed by atoms with Gasteiger partial charge >= 0.3 is 11.9 Å². The molecule has 2 saturated carbocycles. The summed E-state index contributed by atoms with van der Waals surface area (Å²) in [4.78, 5) is 24.2. The predicted octanol–water partition coefficient (Wildman–Crippen LogP) is 1.38. The number of esters is 2. The zero-order chi connectivity index (χ0) is 14.6. The van der Waals surface area contributed by atoms with E-state index in [2.05, 4.69) is 13.8 Å². The first-order valence-corrected chi connectivity index (χ1v) is 7.30. The molecule has 0 amide bonds. The van der Waals surface area contributed by atoms with Gasteiger partial charge in [0, 0.05) is 0 Å². The average molecular weight is 280 g/mol. The molecule has 5 atom stereocenters. The molecule has 0 radical (unpaired) electrons. The maximum absolute atomic E-state index is 12.3. The molecule has 0 aromatic rings. The molecule has 2 aliphatic heterocycles. The van der Waals surface area contributed by atoms with Crippen LogP contribution in [0.2, 0.25) is 0 Å². The standard InChI is InChI=1S/C15H20O5/c1-12(2)7-13(3)6-9(16)19-11-15(13)8(12)4-5-14(15,18)10(17)20-11/h8,11,18H,4-7H2,1-3H3/t8-,11-,13?,14+,15+/m0/s1. The molecule has 4 rings (SSSR count). The van der Waals surface area contributed by atoms with E-state index in [1.165, 1.54) is 0 Å². The van der Waals surface area contributed by atoms with E-state index in [4.69, 9.17) is 9.47 Å². The minimum absolute atomic E-state index is 0.0422. The first-order valence-electron chi connectivity index (χ1n) is 7.30. The summed E-state index contributed by atoms with van der Waals surface area (Å²) >= 11 is 0. The topological polar surface area (TPSA) is 72.8 Å². The van der Waals surface area contributed by atoms with Crippen molar-refractivity contribution in [1.29, 1.82) is 0 Å². The minimum atomic E-state index is -1.49. The van der Waals surface area contributed by atoms with E-state index in [9.17, 15) is 14.7 Å². The Morgan fingerprint density at radius 3 is 2.60 bits per heavy atom. The Bertz CT molecular complexity index is 540. The first kappa shape index (κ1) is 12.6. The Morgan fingerprint density at radius 1 is 1.20 bits per heavy atom. The first-order chi connectivity index (χ1) is 9.17. The summed E-state index contributed by atoms with van der Waals surface area (Å²) in [6.07, 6.45) is 1.32. The maximum atomic E-state index is 12.3. The predicted molar refractivity (Wildman–Crippen MR) is 67.2 cm³/mol. The van der Waals surface area contributed by atoms with Crippen LogP contribution in [0, 0.1) is 22.2 Å². The van der Waals surface area contributed by atoms with Gasteiger partial charge in [-0.3, -0.25) is 4.79 Å². The Hall–Kier alpha value is -1.10. The summed E-state index contributed by atoms with van der Waals surface area (Å²) in [5.41, 5.74) is -2.75. The van der Waals surface area contributed by atoms with E-state index >= 15 is 0 Å². The number of hydrogen-bond donors (Lipinski definition) is 1. The third-order valence-electron chi connectivity index (χ3n) is 6.51. The van der Waals surface area contributed by atoms with Crippen molar-refractivity contribution in [3.05, 3.63) is 0 Å². The zero-order valence-electron chi connectivity index (χ0n) is 12.1. The largest absolute Gasteiger partial charge is 0.424 e. The Kier molecular flexibility index (Phi) is 1.93. The quantitative estimate of drug-likeness (QED) is 0.679. The van der Waals surface area contributed by atoms with Gasteiger partial charge in [-0.1, -0.05) is 20.8 Å². The van der Waals surface area contributed by atoms with Crippen LogP contribution in [-0.4, -0.2) is 28.9 Å². The van der Waals surface area contributed by atoms with Crippen molar-refractivity contribution in [2.45, 2.75) is 58.3 Å². The lowest BCUT2D eigenvalue weighted by molar-refractivity contribution is -0.240. The average Bonchev–Trinajstić information content (AvgIpc) is 2.77. The molecule has 5 nitrogen and oxygen atoms in total. The third kappa shape index (κ3) is 0.984. The van der Waals surface area contributed by atoms with Gasteiger partial charge in [0.15, 0.2) is 5.60 Å². The highest BCUT2D eigenvalue weighted by molar-refractivity contribution is 5.86. The van der Waals surface area contributed by atoms with Gasteiger partial charge in [0.25, 0.3) is 6.29 Å². The Balaban J connectivity index is 2.01. The molecule has 4 aliphatic rings. The molecule has 5 heteroatoms. The van der Waals surface area contributed by atoms with Gasteiger partial charge < -0.3 is 14.6 Å². The van der Waals surface area contributed by atoms with Crippen LogP contribution in [0.5, 0.6) is 0 Å². The van der Waals surface area contributed by atoms with Gasteiger partial charge in [0.1, 0.15) is 0 Å². The number of carbonyl (C=O) groups is 2. The lowest BCUT2D eigenvalue weighted by atomic mass is 9.56. The van der Waals surface area contributed by atoms with Crippen LogP contribution in [0.4, 0.5) is 0 Å². The van der Waals surface area contributed by atoms with E-state index in [0.29, 0.717) is 6.42 Å². The monoisotopic (exact) mass is 280 g/mol. The highest BCUT2D eigenvalue weighted by Gasteiger charge is 2.86. The van der Waals surface area contributed by atoms with E-state index in [1.54, 1.807) is 0 Å². The van der Waals surface area contributed by atoms with Crippen molar-refractivity contribution in [2.24, 2.45) is 22.2 Å². The van der Waals surface area contributed by atoms with Gasteiger partial charge in [0.2, 0.25) is 0 Å². The highest BCUT2D eigenvalue weighted by atomic mass is 16.7. The van der Waals surface area contributed by atoms with Gasteiger partial charge in [-0.15, -0.1) is 0 Å². The van der Waals surface area contributed by atoms with Crippen molar-refractivity contribution in [2.75, 3.05) is 0 Å². The summed E-state index contributed by atoms with van der Waals surface area (Å²) in [5, 5.41) is 11.1. The molecule has 2 heterocycles. The van der Waals surface area contributed by atoms with Crippen molar-refractivity contribution in [1.82, 2.24) is 0 Å². The number of carbonyl (C=O) groups excluding carboxylic acids is 2. The third-order valence-corrected chi connectivity index (χ3v) is 6.51. The fourth-order valence-electron chi connectivity index (χ4n) is 6.29. The maximum Gasteiger partial charge on any atom is 0.342 e. The summed E-state index contributed by atoms with van der Waals surface area (Å²) in [6.45, 7) is 6.33. The van der Waals surface area contributed by atoms with Crippen molar-refractivity contribution >= 4 is 11.9 Å². The van der Waals surface area contributed by atoms with Crippen LogP contribution >= 0.6 is 0 Å².